The lowest BCUT2D eigenvalue weighted by molar-refractivity contribution is 0.386. The quantitative estimate of drug-likeness (QED) is 0.787. The van der Waals surface area contributed by atoms with Gasteiger partial charge in [0.2, 0.25) is 0 Å². The molecule has 0 radical (unpaired) electrons. The van der Waals surface area contributed by atoms with Crippen molar-refractivity contribution in [2.24, 2.45) is 0 Å². The molecule has 2 aromatic heterocycles. The number of hydrogen-bond donors (Lipinski definition) is 1. The van der Waals surface area contributed by atoms with Crippen LogP contribution in [-0.4, -0.2) is 20.7 Å². The Morgan fingerprint density at radius 3 is 2.74 bits per heavy atom. The minimum Gasteiger partial charge on any atom is -0.305 e. The molecule has 0 saturated carbocycles. The van der Waals surface area contributed by atoms with Crippen LogP contribution in [0.1, 0.15) is 25.6 Å². The van der Waals surface area contributed by atoms with Gasteiger partial charge in [-0.25, -0.2) is 4.52 Å². The molecule has 1 aliphatic rings. The van der Waals surface area contributed by atoms with E-state index in [1.54, 1.807) is 21.3 Å². The van der Waals surface area contributed by atoms with Crippen molar-refractivity contribution in [3.05, 3.63) is 63.8 Å². The highest BCUT2D eigenvalue weighted by Gasteiger charge is 2.36. The minimum atomic E-state index is -0.333. The van der Waals surface area contributed by atoms with Crippen LogP contribution >= 0.6 is 11.6 Å². The summed E-state index contributed by atoms with van der Waals surface area (Å²) in [5.74, 6) is 0.714. The van der Waals surface area contributed by atoms with Gasteiger partial charge in [-0.3, -0.25) is 9.36 Å². The van der Waals surface area contributed by atoms with Gasteiger partial charge < -0.3 is 5.32 Å². The number of nitrogens with zero attached hydrogens (tertiary/aromatic N) is 3. The third kappa shape index (κ3) is 2.19. The topological polar surface area (TPSA) is 51.3 Å². The Kier molecular flexibility index (Phi) is 3.28. The van der Waals surface area contributed by atoms with Gasteiger partial charge in [0.15, 0.2) is 5.82 Å². The molecule has 1 atom stereocenters. The number of nitrogens with one attached hydrogen (secondary N) is 1. The summed E-state index contributed by atoms with van der Waals surface area (Å²) in [6, 6.07) is 11.3. The second-order valence-corrected chi connectivity index (χ2v) is 6.53. The van der Waals surface area contributed by atoms with Crippen LogP contribution in [0.2, 0.25) is 5.02 Å². The summed E-state index contributed by atoms with van der Waals surface area (Å²) in [6.45, 7) is 3.02. The van der Waals surface area contributed by atoms with E-state index in [0.29, 0.717) is 16.4 Å². The first-order chi connectivity index (χ1) is 11.1. The highest BCUT2D eigenvalue weighted by Crippen LogP contribution is 2.30. The van der Waals surface area contributed by atoms with Crippen molar-refractivity contribution >= 4 is 17.1 Å². The number of halogens is 1. The number of hydrogen-bond acceptors (Lipinski definition) is 3. The molecule has 1 N–H and O–H groups in total. The van der Waals surface area contributed by atoms with E-state index in [1.807, 2.05) is 30.3 Å². The lowest BCUT2D eigenvalue weighted by Gasteiger charge is -2.27. The maximum Gasteiger partial charge on any atom is 0.284 e. The number of para-hydroxylation sites is 1. The first-order valence-electron chi connectivity index (χ1n) is 7.71. The molecule has 3 heterocycles. The molecule has 0 unspecified atom stereocenters. The van der Waals surface area contributed by atoms with Crippen LogP contribution in [0.25, 0.3) is 11.2 Å². The van der Waals surface area contributed by atoms with Crippen LogP contribution in [0.5, 0.6) is 0 Å². The Labute approximate surface area is 138 Å². The van der Waals surface area contributed by atoms with Crippen molar-refractivity contribution in [2.45, 2.75) is 25.3 Å². The zero-order valence-electron chi connectivity index (χ0n) is 12.8. The molecule has 0 bridgehead atoms. The Morgan fingerprint density at radius 1 is 1.26 bits per heavy atom. The van der Waals surface area contributed by atoms with Crippen molar-refractivity contribution in [3.63, 3.8) is 0 Å². The SMILES string of the molecule is C[C@@]1(c2nn3ccc(Cl)c3c(=O)n2-c2ccccc2)CCCN1. The van der Waals surface area contributed by atoms with E-state index in [1.165, 1.54) is 0 Å². The highest BCUT2D eigenvalue weighted by molar-refractivity contribution is 6.33. The molecule has 0 spiro atoms. The van der Waals surface area contributed by atoms with Gasteiger partial charge in [-0.05, 0) is 44.5 Å². The summed E-state index contributed by atoms with van der Waals surface area (Å²) < 4.78 is 3.27. The number of rotatable bonds is 2. The molecule has 1 aromatic carbocycles. The van der Waals surface area contributed by atoms with E-state index in [0.717, 1.165) is 25.1 Å². The van der Waals surface area contributed by atoms with Crippen molar-refractivity contribution in [1.82, 2.24) is 19.5 Å². The first-order valence-corrected chi connectivity index (χ1v) is 8.09. The van der Waals surface area contributed by atoms with E-state index in [2.05, 4.69) is 12.2 Å². The minimum absolute atomic E-state index is 0.147. The Hall–Kier alpha value is -2.11. The van der Waals surface area contributed by atoms with Gasteiger partial charge in [0.1, 0.15) is 5.52 Å². The predicted molar refractivity (Wildman–Crippen MR) is 90.4 cm³/mol. The van der Waals surface area contributed by atoms with Gasteiger partial charge in [0.25, 0.3) is 5.56 Å². The van der Waals surface area contributed by atoms with Crippen LogP contribution in [-0.2, 0) is 5.54 Å². The van der Waals surface area contributed by atoms with Crippen LogP contribution in [0.4, 0.5) is 0 Å². The number of fused-ring (bicyclic) bond motifs is 1. The van der Waals surface area contributed by atoms with Gasteiger partial charge >= 0.3 is 0 Å². The standard InChI is InChI=1S/C17H17ClN4O/c1-17(9-5-10-19-17)16-20-21-11-8-13(18)14(21)15(23)22(16)12-6-3-2-4-7-12/h2-4,6-8,11,19H,5,9-10H2,1H3/t17-/m0/s1. The second-order valence-electron chi connectivity index (χ2n) is 6.12. The van der Waals surface area contributed by atoms with Crippen LogP contribution < -0.4 is 10.9 Å². The van der Waals surface area contributed by atoms with E-state index in [4.69, 9.17) is 16.7 Å². The monoisotopic (exact) mass is 328 g/mol. The molecule has 23 heavy (non-hydrogen) atoms. The molecular formula is C17H17ClN4O. The maximum atomic E-state index is 13.1. The average molecular weight is 329 g/mol. The summed E-state index contributed by atoms with van der Waals surface area (Å²) in [5.41, 5.74) is 0.724. The van der Waals surface area contributed by atoms with E-state index in [-0.39, 0.29) is 11.1 Å². The van der Waals surface area contributed by atoms with Gasteiger partial charge in [-0.2, -0.15) is 5.10 Å². The van der Waals surface area contributed by atoms with Crippen LogP contribution in [0, 0.1) is 0 Å². The zero-order valence-corrected chi connectivity index (χ0v) is 13.5. The number of aromatic nitrogens is 3. The summed E-state index contributed by atoms with van der Waals surface area (Å²) >= 11 is 6.19. The molecule has 1 saturated heterocycles. The predicted octanol–water partition coefficient (Wildman–Crippen LogP) is 2.74. The normalized spacial score (nSPS) is 21.1. The summed E-state index contributed by atoms with van der Waals surface area (Å²) in [5, 5.41) is 8.63. The zero-order chi connectivity index (χ0) is 16.0. The molecular weight excluding hydrogens is 312 g/mol. The Balaban J connectivity index is 2.10. The third-order valence-electron chi connectivity index (χ3n) is 4.51. The summed E-state index contributed by atoms with van der Waals surface area (Å²) in [4.78, 5) is 13.1. The fraction of sp³-hybridized carbons (Fsp3) is 0.294. The van der Waals surface area contributed by atoms with Gasteiger partial charge in [0.05, 0.1) is 16.2 Å². The van der Waals surface area contributed by atoms with Crippen molar-refractivity contribution < 1.29 is 0 Å². The molecule has 0 amide bonds. The van der Waals surface area contributed by atoms with E-state index in [9.17, 15) is 4.79 Å². The van der Waals surface area contributed by atoms with Crippen LogP contribution in [0.15, 0.2) is 47.4 Å². The average Bonchev–Trinajstić information content (AvgIpc) is 3.15. The van der Waals surface area contributed by atoms with Crippen molar-refractivity contribution in [1.29, 1.82) is 0 Å². The molecule has 5 nitrogen and oxygen atoms in total. The molecule has 4 rings (SSSR count). The smallest absolute Gasteiger partial charge is 0.284 e. The van der Waals surface area contributed by atoms with E-state index < -0.39 is 0 Å². The summed E-state index contributed by atoms with van der Waals surface area (Å²) in [7, 11) is 0. The Bertz CT molecular complexity index is 923. The van der Waals surface area contributed by atoms with Crippen molar-refractivity contribution in [3.8, 4) is 5.69 Å². The first kappa shape index (κ1) is 14.5. The lowest BCUT2D eigenvalue weighted by atomic mass is 9.99. The molecule has 0 aliphatic carbocycles. The molecule has 6 heteroatoms. The van der Waals surface area contributed by atoms with Gasteiger partial charge in [0, 0.05) is 6.20 Å². The fourth-order valence-corrected chi connectivity index (χ4v) is 3.51. The number of benzene rings is 1. The fourth-order valence-electron chi connectivity index (χ4n) is 3.29. The molecule has 1 fully saturated rings. The third-order valence-corrected chi connectivity index (χ3v) is 4.82. The van der Waals surface area contributed by atoms with Gasteiger partial charge in [-0.1, -0.05) is 29.8 Å². The van der Waals surface area contributed by atoms with E-state index >= 15 is 0 Å². The maximum absolute atomic E-state index is 13.1. The largest absolute Gasteiger partial charge is 0.305 e. The molecule has 3 aromatic rings. The lowest BCUT2D eigenvalue weighted by Crippen LogP contribution is -2.41. The summed E-state index contributed by atoms with van der Waals surface area (Å²) in [6.07, 6.45) is 3.73. The highest BCUT2D eigenvalue weighted by atomic mass is 35.5. The molecule has 1 aliphatic heterocycles. The second kappa shape index (κ2) is 5.22. The Morgan fingerprint density at radius 2 is 2.04 bits per heavy atom. The van der Waals surface area contributed by atoms with Crippen LogP contribution in [0.3, 0.4) is 0 Å². The van der Waals surface area contributed by atoms with Crippen molar-refractivity contribution in [2.75, 3.05) is 6.54 Å². The van der Waals surface area contributed by atoms with Gasteiger partial charge in [-0.15, -0.1) is 0 Å². The molecule has 118 valence electrons.